The highest BCUT2D eigenvalue weighted by molar-refractivity contribution is 5.98. The predicted molar refractivity (Wildman–Crippen MR) is 62.9 cm³/mol. The Kier molecular flexibility index (Phi) is 2.40. The second kappa shape index (κ2) is 3.70. The molecule has 92 valence electrons. The second-order valence-electron chi connectivity index (χ2n) is 5.61. The van der Waals surface area contributed by atoms with Crippen LogP contribution in [-0.2, 0) is 6.42 Å². The molecule has 0 unspecified atom stereocenters. The minimum absolute atomic E-state index is 0.0170. The first-order valence-electron chi connectivity index (χ1n) is 6.39. The quantitative estimate of drug-likeness (QED) is 0.749. The molecule has 2 aliphatic carbocycles. The maximum atomic E-state index is 12.4. The highest BCUT2D eigenvalue weighted by atomic mass is 16.3. The van der Waals surface area contributed by atoms with E-state index in [1.54, 1.807) is 6.26 Å². The van der Waals surface area contributed by atoms with Crippen LogP contribution in [0.4, 0.5) is 0 Å². The number of aliphatic hydroxyl groups is 1. The molecule has 3 rings (SSSR count). The van der Waals surface area contributed by atoms with Crippen LogP contribution in [-0.4, -0.2) is 17.0 Å². The largest absolute Gasteiger partial charge is 0.461 e. The molecule has 1 N–H and O–H groups in total. The van der Waals surface area contributed by atoms with Gasteiger partial charge in [0, 0.05) is 5.56 Å². The van der Waals surface area contributed by atoms with E-state index in [1.165, 1.54) is 0 Å². The zero-order chi connectivity index (χ0) is 12.2. The highest BCUT2D eigenvalue weighted by Crippen LogP contribution is 2.43. The van der Waals surface area contributed by atoms with Crippen LogP contribution in [0.5, 0.6) is 0 Å². The average molecular weight is 234 g/mol. The fourth-order valence-electron chi connectivity index (χ4n) is 3.48. The first kappa shape index (κ1) is 11.0. The first-order chi connectivity index (χ1) is 8.09. The summed E-state index contributed by atoms with van der Waals surface area (Å²) in [5.74, 6) is 1.07. The molecule has 0 aromatic carbocycles. The molecule has 1 aromatic heterocycles. The van der Waals surface area contributed by atoms with Gasteiger partial charge in [0.25, 0.3) is 0 Å². The van der Waals surface area contributed by atoms with Gasteiger partial charge in [-0.3, -0.25) is 4.79 Å². The summed E-state index contributed by atoms with van der Waals surface area (Å²) in [5, 5.41) is 10.1. The van der Waals surface area contributed by atoms with E-state index < -0.39 is 6.10 Å². The fraction of sp³-hybridized carbons (Fsp3) is 0.643. The van der Waals surface area contributed by atoms with Gasteiger partial charge in [0.1, 0.15) is 0 Å². The molecule has 1 aromatic rings. The molecular formula is C14H18O3. The molecule has 1 heterocycles. The van der Waals surface area contributed by atoms with Crippen molar-refractivity contribution in [2.24, 2.45) is 17.8 Å². The number of hydrogen-bond acceptors (Lipinski definition) is 3. The molecule has 3 heteroatoms. The van der Waals surface area contributed by atoms with Crippen LogP contribution in [0.3, 0.4) is 0 Å². The molecule has 0 radical (unpaired) electrons. The van der Waals surface area contributed by atoms with Crippen molar-refractivity contribution >= 4 is 5.78 Å². The van der Waals surface area contributed by atoms with Crippen molar-refractivity contribution in [3.8, 4) is 0 Å². The number of carbonyl (C=O) groups is 1. The van der Waals surface area contributed by atoms with E-state index in [-0.39, 0.29) is 17.6 Å². The standard InChI is InChI=1S/C14H18O3/c1-7-3-4-11(15)12-9(7)5-10-8(2)6-17-14(10)13(12)16/h6-7,9,11-12,15H,3-5H2,1-2H3/t7-,9+,11-,12+/m0/s1. The van der Waals surface area contributed by atoms with Gasteiger partial charge in [-0.2, -0.15) is 0 Å². The van der Waals surface area contributed by atoms with Crippen LogP contribution in [0, 0.1) is 24.7 Å². The molecular weight excluding hydrogens is 216 g/mol. The van der Waals surface area contributed by atoms with Crippen LogP contribution in [0.25, 0.3) is 0 Å². The number of hydrogen-bond donors (Lipinski definition) is 1. The average Bonchev–Trinajstić information content (AvgIpc) is 2.67. The smallest absolute Gasteiger partial charge is 0.204 e. The van der Waals surface area contributed by atoms with Crippen molar-refractivity contribution in [3.63, 3.8) is 0 Å². The Morgan fingerprint density at radius 1 is 1.41 bits per heavy atom. The van der Waals surface area contributed by atoms with Crippen molar-refractivity contribution in [2.45, 2.75) is 39.2 Å². The Balaban J connectivity index is 2.06. The molecule has 0 saturated heterocycles. The van der Waals surface area contributed by atoms with Crippen LogP contribution in [0.2, 0.25) is 0 Å². The molecule has 17 heavy (non-hydrogen) atoms. The maximum Gasteiger partial charge on any atom is 0.204 e. The lowest BCUT2D eigenvalue weighted by Crippen LogP contribution is -2.45. The number of carbonyl (C=O) groups excluding carboxylic acids is 1. The Hall–Kier alpha value is -1.09. The van der Waals surface area contributed by atoms with Gasteiger partial charge in [-0.1, -0.05) is 6.92 Å². The van der Waals surface area contributed by atoms with Gasteiger partial charge in [-0.05, 0) is 43.6 Å². The Morgan fingerprint density at radius 2 is 2.18 bits per heavy atom. The van der Waals surface area contributed by atoms with Gasteiger partial charge in [0.2, 0.25) is 5.78 Å². The van der Waals surface area contributed by atoms with E-state index in [2.05, 4.69) is 6.92 Å². The Labute approximate surface area is 101 Å². The van der Waals surface area contributed by atoms with Crippen LogP contribution < -0.4 is 0 Å². The van der Waals surface area contributed by atoms with Gasteiger partial charge < -0.3 is 9.52 Å². The summed E-state index contributed by atoms with van der Waals surface area (Å²) in [5.41, 5.74) is 2.14. The molecule has 2 aliphatic rings. The Bertz CT molecular complexity index is 460. The molecule has 1 fully saturated rings. The zero-order valence-corrected chi connectivity index (χ0v) is 10.3. The van der Waals surface area contributed by atoms with Gasteiger partial charge >= 0.3 is 0 Å². The molecule has 1 saturated carbocycles. The summed E-state index contributed by atoms with van der Waals surface area (Å²) in [6.07, 6.45) is 3.82. The first-order valence-corrected chi connectivity index (χ1v) is 6.39. The molecule has 0 amide bonds. The number of Topliss-reactive ketones (excluding diaryl/α,β-unsaturated/α-hetero) is 1. The number of ketones is 1. The van der Waals surface area contributed by atoms with Crippen LogP contribution >= 0.6 is 0 Å². The van der Waals surface area contributed by atoms with Gasteiger partial charge in [-0.15, -0.1) is 0 Å². The van der Waals surface area contributed by atoms with E-state index >= 15 is 0 Å². The molecule has 0 spiro atoms. The third-order valence-electron chi connectivity index (χ3n) is 4.59. The third kappa shape index (κ3) is 1.48. The summed E-state index contributed by atoms with van der Waals surface area (Å²) in [7, 11) is 0. The molecule has 0 bridgehead atoms. The SMILES string of the molecule is Cc1coc2c1C[C@H]1[C@@H](C2=O)[C@@H](O)CC[C@@H]1C. The summed E-state index contributed by atoms with van der Waals surface area (Å²) in [6, 6.07) is 0. The van der Waals surface area contributed by atoms with Gasteiger partial charge in [0.05, 0.1) is 18.3 Å². The minimum atomic E-state index is -0.484. The van der Waals surface area contributed by atoms with Crippen molar-refractivity contribution in [1.29, 1.82) is 0 Å². The van der Waals surface area contributed by atoms with Gasteiger partial charge in [-0.25, -0.2) is 0 Å². The summed E-state index contributed by atoms with van der Waals surface area (Å²) in [6.45, 7) is 4.18. The number of aryl methyl sites for hydroxylation is 1. The van der Waals surface area contributed by atoms with Crippen molar-refractivity contribution in [2.75, 3.05) is 0 Å². The lowest BCUT2D eigenvalue weighted by Gasteiger charge is -2.41. The fourth-order valence-corrected chi connectivity index (χ4v) is 3.48. The highest BCUT2D eigenvalue weighted by Gasteiger charge is 2.46. The third-order valence-corrected chi connectivity index (χ3v) is 4.59. The number of fused-ring (bicyclic) bond motifs is 2. The van der Waals surface area contributed by atoms with E-state index in [4.69, 9.17) is 4.42 Å². The number of furan rings is 1. The van der Waals surface area contributed by atoms with Crippen molar-refractivity contribution in [3.05, 3.63) is 23.2 Å². The van der Waals surface area contributed by atoms with Crippen LogP contribution in [0.1, 0.15) is 41.4 Å². The second-order valence-corrected chi connectivity index (χ2v) is 5.61. The topological polar surface area (TPSA) is 50.4 Å². The normalized spacial score (nSPS) is 36.5. The molecule has 3 nitrogen and oxygen atoms in total. The summed E-state index contributed by atoms with van der Waals surface area (Å²) >= 11 is 0. The Morgan fingerprint density at radius 3 is 2.94 bits per heavy atom. The monoisotopic (exact) mass is 234 g/mol. The summed E-state index contributed by atoms with van der Waals surface area (Å²) in [4.78, 5) is 12.4. The maximum absolute atomic E-state index is 12.4. The van der Waals surface area contributed by atoms with Crippen LogP contribution in [0.15, 0.2) is 10.7 Å². The van der Waals surface area contributed by atoms with Crippen molar-refractivity contribution in [1.82, 2.24) is 0 Å². The number of rotatable bonds is 0. The predicted octanol–water partition coefficient (Wildman–Crippen LogP) is 2.35. The zero-order valence-electron chi connectivity index (χ0n) is 10.3. The van der Waals surface area contributed by atoms with E-state index in [9.17, 15) is 9.90 Å². The summed E-state index contributed by atoms with van der Waals surface area (Å²) < 4.78 is 5.37. The molecule has 0 aliphatic heterocycles. The van der Waals surface area contributed by atoms with E-state index in [0.717, 1.165) is 30.4 Å². The minimum Gasteiger partial charge on any atom is -0.461 e. The van der Waals surface area contributed by atoms with E-state index in [1.807, 2.05) is 6.92 Å². The molecule has 4 atom stereocenters. The van der Waals surface area contributed by atoms with Gasteiger partial charge in [0.15, 0.2) is 5.76 Å². The lowest BCUT2D eigenvalue weighted by atomic mass is 9.64. The van der Waals surface area contributed by atoms with E-state index in [0.29, 0.717) is 11.7 Å². The number of aliphatic hydroxyl groups excluding tert-OH is 1. The lowest BCUT2D eigenvalue weighted by molar-refractivity contribution is 0.00611. The van der Waals surface area contributed by atoms with Crippen molar-refractivity contribution < 1.29 is 14.3 Å².